The average molecular weight is 410 g/mol. The molecule has 3 rings (SSSR count). The van der Waals surface area contributed by atoms with Crippen molar-refractivity contribution in [3.05, 3.63) is 59.2 Å². The maximum Gasteiger partial charge on any atom is 0.341 e. The number of amides is 2. The molecule has 0 saturated carbocycles. The van der Waals surface area contributed by atoms with Gasteiger partial charge in [0.2, 0.25) is 0 Å². The van der Waals surface area contributed by atoms with Crippen molar-refractivity contribution in [1.29, 1.82) is 0 Å². The number of para-hydroxylation sites is 1. The van der Waals surface area contributed by atoms with Crippen LogP contribution in [-0.4, -0.2) is 36.1 Å². The van der Waals surface area contributed by atoms with E-state index in [4.69, 9.17) is 14.6 Å². The molecule has 0 atom stereocenters. The summed E-state index contributed by atoms with van der Waals surface area (Å²) in [4.78, 5) is 36.3. The summed E-state index contributed by atoms with van der Waals surface area (Å²) < 4.78 is 11.1. The SMILES string of the molecule is CCCOc1ccc(C=C2C(=O)NN(c3ccccc3)C2=O)c(OCC(=O)O)c1C. The van der Waals surface area contributed by atoms with Crippen LogP contribution in [0.5, 0.6) is 11.5 Å². The summed E-state index contributed by atoms with van der Waals surface area (Å²) in [6.07, 6.45) is 2.20. The number of hydrogen-bond donors (Lipinski definition) is 2. The maximum absolute atomic E-state index is 12.8. The van der Waals surface area contributed by atoms with Crippen molar-refractivity contribution < 1.29 is 29.0 Å². The van der Waals surface area contributed by atoms with Gasteiger partial charge in [-0.25, -0.2) is 9.80 Å². The van der Waals surface area contributed by atoms with Gasteiger partial charge in [0.05, 0.1) is 12.3 Å². The van der Waals surface area contributed by atoms with Crippen molar-refractivity contribution in [3.63, 3.8) is 0 Å². The second kappa shape index (κ2) is 9.13. The van der Waals surface area contributed by atoms with Crippen LogP contribution in [0.3, 0.4) is 0 Å². The molecule has 1 aliphatic rings. The van der Waals surface area contributed by atoms with Crippen molar-refractivity contribution in [3.8, 4) is 11.5 Å². The summed E-state index contributed by atoms with van der Waals surface area (Å²) in [5.41, 5.74) is 3.97. The predicted octanol–water partition coefficient (Wildman–Crippen LogP) is 2.71. The third-order valence-electron chi connectivity index (χ3n) is 4.39. The fourth-order valence-electron chi connectivity index (χ4n) is 2.97. The highest BCUT2D eigenvalue weighted by Crippen LogP contribution is 2.34. The van der Waals surface area contributed by atoms with Crippen LogP contribution in [0.2, 0.25) is 0 Å². The van der Waals surface area contributed by atoms with Gasteiger partial charge in [0.25, 0.3) is 11.8 Å². The first-order valence-electron chi connectivity index (χ1n) is 9.45. The van der Waals surface area contributed by atoms with E-state index in [0.29, 0.717) is 29.2 Å². The molecular formula is C22H22N2O6. The number of carboxylic acids is 1. The standard InChI is InChI=1S/C22H22N2O6/c1-3-11-29-18-10-9-15(20(14(18)2)30-13-19(25)26)12-17-21(27)23-24(22(17)28)16-7-5-4-6-8-16/h4-10,12H,3,11,13H2,1-2H3,(H,23,27)(H,25,26). The van der Waals surface area contributed by atoms with E-state index >= 15 is 0 Å². The van der Waals surface area contributed by atoms with Crippen LogP contribution in [0.15, 0.2) is 48.0 Å². The van der Waals surface area contributed by atoms with Crippen LogP contribution in [-0.2, 0) is 14.4 Å². The summed E-state index contributed by atoms with van der Waals surface area (Å²) in [6.45, 7) is 3.63. The highest BCUT2D eigenvalue weighted by molar-refractivity contribution is 6.31. The van der Waals surface area contributed by atoms with Crippen LogP contribution in [0.1, 0.15) is 24.5 Å². The van der Waals surface area contributed by atoms with Gasteiger partial charge in [-0.1, -0.05) is 25.1 Å². The smallest absolute Gasteiger partial charge is 0.341 e. The molecule has 2 N–H and O–H groups in total. The molecule has 0 spiro atoms. The van der Waals surface area contributed by atoms with E-state index < -0.39 is 24.4 Å². The molecule has 1 aliphatic heterocycles. The van der Waals surface area contributed by atoms with Crippen molar-refractivity contribution >= 4 is 29.5 Å². The lowest BCUT2D eigenvalue weighted by atomic mass is 10.0. The fraction of sp³-hybridized carbons (Fsp3) is 0.227. The molecule has 0 radical (unpaired) electrons. The van der Waals surface area contributed by atoms with E-state index in [1.165, 1.54) is 6.08 Å². The number of ether oxygens (including phenoxy) is 2. The number of rotatable bonds is 8. The molecule has 0 aromatic heterocycles. The van der Waals surface area contributed by atoms with Crippen LogP contribution in [0.25, 0.3) is 6.08 Å². The average Bonchev–Trinajstić information content (AvgIpc) is 3.01. The Morgan fingerprint density at radius 1 is 1.13 bits per heavy atom. The first-order valence-corrected chi connectivity index (χ1v) is 9.45. The van der Waals surface area contributed by atoms with Gasteiger partial charge in [-0.3, -0.25) is 15.0 Å². The molecule has 156 valence electrons. The summed E-state index contributed by atoms with van der Waals surface area (Å²) in [6, 6.07) is 12.1. The van der Waals surface area contributed by atoms with Gasteiger partial charge in [-0.2, -0.15) is 0 Å². The van der Waals surface area contributed by atoms with Gasteiger partial charge in [-0.15, -0.1) is 0 Å². The molecule has 30 heavy (non-hydrogen) atoms. The highest BCUT2D eigenvalue weighted by atomic mass is 16.5. The normalized spacial score (nSPS) is 14.7. The number of nitrogens with zero attached hydrogens (tertiary/aromatic N) is 1. The fourth-order valence-corrected chi connectivity index (χ4v) is 2.97. The molecule has 0 aliphatic carbocycles. The van der Waals surface area contributed by atoms with Crippen molar-refractivity contribution in [1.82, 2.24) is 5.43 Å². The topological polar surface area (TPSA) is 105 Å². The molecule has 2 aromatic rings. The minimum Gasteiger partial charge on any atom is -0.493 e. The zero-order valence-corrected chi connectivity index (χ0v) is 16.7. The zero-order valence-electron chi connectivity index (χ0n) is 16.7. The quantitative estimate of drug-likeness (QED) is 0.512. The second-order valence-corrected chi connectivity index (χ2v) is 6.61. The number of hydrazine groups is 1. The number of benzene rings is 2. The summed E-state index contributed by atoms with van der Waals surface area (Å²) in [5.74, 6) is -1.42. The Morgan fingerprint density at radius 2 is 1.87 bits per heavy atom. The number of carboxylic acid groups (broad SMARTS) is 1. The molecule has 1 fully saturated rings. The number of carbonyl (C=O) groups is 3. The molecule has 2 aromatic carbocycles. The lowest BCUT2D eigenvalue weighted by molar-refractivity contribution is -0.139. The molecule has 0 unspecified atom stereocenters. The van der Waals surface area contributed by atoms with E-state index in [2.05, 4.69) is 5.43 Å². The maximum atomic E-state index is 12.8. The lowest BCUT2D eigenvalue weighted by Gasteiger charge is -2.15. The molecule has 1 heterocycles. The molecule has 8 nitrogen and oxygen atoms in total. The van der Waals surface area contributed by atoms with Crippen molar-refractivity contribution in [2.75, 3.05) is 18.2 Å². The lowest BCUT2D eigenvalue weighted by Crippen LogP contribution is -2.35. The summed E-state index contributed by atoms with van der Waals surface area (Å²) >= 11 is 0. The molecule has 2 amide bonds. The van der Waals surface area contributed by atoms with E-state index in [0.717, 1.165) is 11.4 Å². The number of aliphatic carboxylic acids is 1. The van der Waals surface area contributed by atoms with Crippen LogP contribution in [0, 0.1) is 6.92 Å². The molecule has 0 bridgehead atoms. The van der Waals surface area contributed by atoms with E-state index in [1.54, 1.807) is 49.4 Å². The van der Waals surface area contributed by atoms with Gasteiger partial charge in [0, 0.05) is 11.1 Å². The largest absolute Gasteiger partial charge is 0.493 e. The second-order valence-electron chi connectivity index (χ2n) is 6.61. The van der Waals surface area contributed by atoms with E-state index in [1.807, 2.05) is 6.92 Å². The zero-order chi connectivity index (χ0) is 21.7. The first-order chi connectivity index (χ1) is 14.4. The third kappa shape index (κ3) is 4.43. The number of anilines is 1. The Labute approximate surface area is 173 Å². The van der Waals surface area contributed by atoms with Gasteiger partial charge in [-0.05, 0) is 43.7 Å². The van der Waals surface area contributed by atoms with Crippen molar-refractivity contribution in [2.45, 2.75) is 20.3 Å². The molecular weight excluding hydrogens is 388 g/mol. The molecule has 1 saturated heterocycles. The Kier molecular flexibility index (Phi) is 6.36. The first kappa shape index (κ1) is 20.9. The highest BCUT2D eigenvalue weighted by Gasteiger charge is 2.34. The van der Waals surface area contributed by atoms with Gasteiger partial charge >= 0.3 is 5.97 Å². The van der Waals surface area contributed by atoms with Crippen LogP contribution in [0.4, 0.5) is 5.69 Å². The van der Waals surface area contributed by atoms with Crippen molar-refractivity contribution in [2.24, 2.45) is 0 Å². The van der Waals surface area contributed by atoms with Crippen LogP contribution < -0.4 is 19.9 Å². The Morgan fingerprint density at radius 3 is 2.53 bits per heavy atom. The van der Waals surface area contributed by atoms with Crippen LogP contribution >= 0.6 is 0 Å². The third-order valence-corrected chi connectivity index (χ3v) is 4.39. The van der Waals surface area contributed by atoms with Gasteiger partial charge in [0.15, 0.2) is 6.61 Å². The number of hydrogen-bond acceptors (Lipinski definition) is 5. The predicted molar refractivity (Wildman–Crippen MR) is 110 cm³/mol. The minimum absolute atomic E-state index is 0.0827. The monoisotopic (exact) mass is 410 g/mol. The Hall–Kier alpha value is -3.81. The summed E-state index contributed by atoms with van der Waals surface area (Å²) in [7, 11) is 0. The Bertz CT molecular complexity index is 1000. The molecule has 8 heteroatoms. The summed E-state index contributed by atoms with van der Waals surface area (Å²) in [5, 5.41) is 10.2. The minimum atomic E-state index is -1.14. The van der Waals surface area contributed by atoms with Gasteiger partial charge in [0.1, 0.15) is 17.1 Å². The van der Waals surface area contributed by atoms with Gasteiger partial charge < -0.3 is 14.6 Å². The number of carbonyl (C=O) groups excluding carboxylic acids is 2. The Balaban J connectivity index is 1.98. The van der Waals surface area contributed by atoms with E-state index in [9.17, 15) is 14.4 Å². The van der Waals surface area contributed by atoms with E-state index in [-0.39, 0.29) is 11.3 Å². The number of nitrogens with one attached hydrogen (secondary N) is 1.